The Balaban J connectivity index is 1.59. The molecule has 0 unspecified atom stereocenters. The van der Waals surface area contributed by atoms with Crippen LogP contribution in [0.5, 0.6) is 11.5 Å². The van der Waals surface area contributed by atoms with Crippen LogP contribution in [-0.4, -0.2) is 39.0 Å². The average Bonchev–Trinajstić information content (AvgIpc) is 3.26. The van der Waals surface area contributed by atoms with Crippen LogP contribution in [-0.2, 0) is 32.4 Å². The second kappa shape index (κ2) is 9.86. The molecule has 3 rings (SSSR count). The van der Waals surface area contributed by atoms with Crippen LogP contribution in [0.4, 0.5) is 0 Å². The third-order valence-corrected chi connectivity index (χ3v) is 7.00. The van der Waals surface area contributed by atoms with E-state index in [1.807, 2.05) is 0 Å². The summed E-state index contributed by atoms with van der Waals surface area (Å²) in [6.45, 7) is 3.21. The Bertz CT molecular complexity index is 1180. The molecule has 32 heavy (non-hydrogen) atoms. The lowest BCUT2D eigenvalue weighted by Gasteiger charge is -2.08. The van der Waals surface area contributed by atoms with Gasteiger partial charge in [0.25, 0.3) is 0 Å². The number of carbonyl (C=O) groups excluding carboxylic acids is 1. The van der Waals surface area contributed by atoms with E-state index in [4.69, 9.17) is 18.7 Å². The van der Waals surface area contributed by atoms with Gasteiger partial charge in [0.1, 0.15) is 12.3 Å². The Morgan fingerprint density at radius 2 is 1.69 bits per heavy atom. The number of ether oxygens (including phenoxy) is 3. The molecular formula is C23H25NO7S. The minimum absolute atomic E-state index is 0.0163. The van der Waals surface area contributed by atoms with E-state index < -0.39 is 21.1 Å². The maximum atomic E-state index is 12.2. The predicted octanol–water partition coefficient (Wildman–Crippen LogP) is 3.83. The number of methoxy groups -OCH3 is 2. The highest BCUT2D eigenvalue weighted by Crippen LogP contribution is 2.32. The van der Waals surface area contributed by atoms with Gasteiger partial charge in [0.05, 0.1) is 30.8 Å². The fourth-order valence-electron chi connectivity index (χ4n) is 2.95. The molecule has 0 amide bonds. The summed E-state index contributed by atoms with van der Waals surface area (Å²) in [4.78, 5) is 12.4. The lowest BCUT2D eigenvalue weighted by atomic mass is 10.1. The zero-order chi connectivity index (χ0) is 23.3. The smallest absolute Gasteiger partial charge is 0.310 e. The van der Waals surface area contributed by atoms with Crippen LogP contribution in [0.1, 0.15) is 25.1 Å². The molecule has 0 radical (unpaired) electrons. The van der Waals surface area contributed by atoms with Crippen molar-refractivity contribution in [3.63, 3.8) is 0 Å². The first kappa shape index (κ1) is 23.3. The summed E-state index contributed by atoms with van der Waals surface area (Å²) in [5.74, 6) is 1.19. The first-order valence-electron chi connectivity index (χ1n) is 9.91. The van der Waals surface area contributed by atoms with Gasteiger partial charge in [-0.1, -0.05) is 17.3 Å². The summed E-state index contributed by atoms with van der Waals surface area (Å²) in [6.07, 6.45) is 0.0163. The molecule has 1 heterocycles. The maximum absolute atomic E-state index is 12.2. The van der Waals surface area contributed by atoms with Crippen molar-refractivity contribution < 1.29 is 31.9 Å². The van der Waals surface area contributed by atoms with Crippen molar-refractivity contribution in [1.82, 2.24) is 5.16 Å². The summed E-state index contributed by atoms with van der Waals surface area (Å²) in [6, 6.07) is 13.2. The van der Waals surface area contributed by atoms with Crippen molar-refractivity contribution in [1.29, 1.82) is 0 Å². The Morgan fingerprint density at radius 1 is 1.00 bits per heavy atom. The topological polar surface area (TPSA) is 105 Å². The van der Waals surface area contributed by atoms with E-state index >= 15 is 0 Å². The largest absolute Gasteiger partial charge is 0.493 e. The molecule has 2 aromatic carbocycles. The van der Waals surface area contributed by atoms with E-state index in [1.54, 1.807) is 64.5 Å². The van der Waals surface area contributed by atoms with E-state index in [1.165, 1.54) is 12.1 Å². The quantitative estimate of drug-likeness (QED) is 0.445. The van der Waals surface area contributed by atoms with Gasteiger partial charge in [0.2, 0.25) is 0 Å². The molecule has 0 aliphatic heterocycles. The lowest BCUT2D eigenvalue weighted by Crippen LogP contribution is -2.14. The van der Waals surface area contributed by atoms with Gasteiger partial charge in [0, 0.05) is 11.6 Å². The summed E-state index contributed by atoms with van der Waals surface area (Å²) < 4.78 is 45.5. The van der Waals surface area contributed by atoms with Crippen LogP contribution >= 0.6 is 0 Å². The normalized spacial score (nSPS) is 11.4. The van der Waals surface area contributed by atoms with Gasteiger partial charge in [0.15, 0.2) is 27.1 Å². The van der Waals surface area contributed by atoms with Crippen LogP contribution in [0.2, 0.25) is 0 Å². The molecule has 0 saturated heterocycles. The fourth-order valence-corrected chi connectivity index (χ4v) is 4.01. The SMILES string of the molecule is COc1ccc(-c2cc(COC(=O)Cc3ccc(S(=O)(=O)C(C)C)cc3)no2)cc1OC. The molecule has 0 saturated carbocycles. The van der Waals surface area contributed by atoms with Gasteiger partial charge < -0.3 is 18.7 Å². The highest BCUT2D eigenvalue weighted by molar-refractivity contribution is 7.92. The van der Waals surface area contributed by atoms with E-state index in [2.05, 4.69) is 5.16 Å². The van der Waals surface area contributed by atoms with Crippen molar-refractivity contribution in [3.05, 3.63) is 59.8 Å². The molecule has 1 aromatic heterocycles. The molecule has 170 valence electrons. The number of sulfone groups is 1. The van der Waals surface area contributed by atoms with Crippen LogP contribution in [0, 0.1) is 0 Å². The number of esters is 1. The van der Waals surface area contributed by atoms with E-state index in [9.17, 15) is 13.2 Å². The number of nitrogens with zero attached hydrogens (tertiary/aromatic N) is 1. The highest BCUT2D eigenvalue weighted by atomic mass is 32.2. The zero-order valence-electron chi connectivity index (χ0n) is 18.3. The first-order chi connectivity index (χ1) is 15.2. The average molecular weight is 460 g/mol. The Kier molecular flexibility index (Phi) is 7.19. The van der Waals surface area contributed by atoms with Crippen LogP contribution in [0.15, 0.2) is 57.9 Å². The van der Waals surface area contributed by atoms with Crippen LogP contribution < -0.4 is 9.47 Å². The molecule has 0 N–H and O–H groups in total. The van der Waals surface area contributed by atoms with Crippen molar-refractivity contribution in [2.24, 2.45) is 0 Å². The molecule has 3 aromatic rings. The zero-order valence-corrected chi connectivity index (χ0v) is 19.1. The second-order valence-corrected chi connectivity index (χ2v) is 9.83. The van der Waals surface area contributed by atoms with Gasteiger partial charge in [-0.25, -0.2) is 8.42 Å². The van der Waals surface area contributed by atoms with Gasteiger partial charge in [-0.3, -0.25) is 4.79 Å². The number of benzene rings is 2. The summed E-state index contributed by atoms with van der Waals surface area (Å²) in [5.41, 5.74) is 1.86. The van der Waals surface area contributed by atoms with Gasteiger partial charge >= 0.3 is 5.97 Å². The van der Waals surface area contributed by atoms with Gasteiger partial charge in [-0.05, 0) is 49.7 Å². The second-order valence-electron chi connectivity index (χ2n) is 7.33. The number of carbonyl (C=O) groups is 1. The Morgan fingerprint density at radius 3 is 2.31 bits per heavy atom. The first-order valence-corrected chi connectivity index (χ1v) is 11.5. The monoisotopic (exact) mass is 459 g/mol. The standard InChI is InChI=1S/C23H25NO7S/c1-15(2)32(26,27)19-8-5-16(6-9-19)11-23(25)30-14-18-13-21(31-24-18)17-7-10-20(28-3)22(12-17)29-4/h5-10,12-13,15H,11,14H2,1-4H3. The van der Waals surface area contributed by atoms with E-state index in [0.29, 0.717) is 28.5 Å². The minimum Gasteiger partial charge on any atom is -0.493 e. The Labute approximate surface area is 187 Å². The Hall–Kier alpha value is -3.33. The van der Waals surface area contributed by atoms with Crippen LogP contribution in [0.3, 0.4) is 0 Å². The summed E-state index contributed by atoms with van der Waals surface area (Å²) >= 11 is 0. The third-order valence-electron chi connectivity index (χ3n) is 4.83. The van der Waals surface area contributed by atoms with Crippen molar-refractivity contribution >= 4 is 15.8 Å². The molecule has 8 nitrogen and oxygen atoms in total. The van der Waals surface area contributed by atoms with Gasteiger partial charge in [-0.15, -0.1) is 0 Å². The maximum Gasteiger partial charge on any atom is 0.310 e. The number of hydrogen-bond acceptors (Lipinski definition) is 8. The van der Waals surface area contributed by atoms with Crippen molar-refractivity contribution in [2.75, 3.05) is 14.2 Å². The molecule has 0 bridgehead atoms. The molecular weight excluding hydrogens is 434 g/mol. The molecule has 9 heteroatoms. The van der Waals surface area contributed by atoms with E-state index in [0.717, 1.165) is 5.56 Å². The van der Waals surface area contributed by atoms with Crippen LogP contribution in [0.25, 0.3) is 11.3 Å². The molecule has 0 fully saturated rings. The highest BCUT2D eigenvalue weighted by Gasteiger charge is 2.19. The number of aromatic nitrogens is 1. The predicted molar refractivity (Wildman–Crippen MR) is 117 cm³/mol. The molecule has 0 spiro atoms. The third kappa shape index (κ3) is 5.28. The molecule has 0 aliphatic rings. The number of hydrogen-bond donors (Lipinski definition) is 0. The summed E-state index contributed by atoms with van der Waals surface area (Å²) in [7, 11) is -0.246. The number of rotatable bonds is 9. The molecule has 0 atom stereocenters. The summed E-state index contributed by atoms with van der Waals surface area (Å²) in [5, 5.41) is 3.42. The fraction of sp³-hybridized carbons (Fsp3) is 0.304. The van der Waals surface area contributed by atoms with Crippen molar-refractivity contribution in [2.45, 2.75) is 37.0 Å². The van der Waals surface area contributed by atoms with E-state index in [-0.39, 0.29) is 17.9 Å². The minimum atomic E-state index is -3.35. The van der Waals surface area contributed by atoms with Gasteiger partial charge in [-0.2, -0.15) is 0 Å². The molecule has 0 aliphatic carbocycles. The van der Waals surface area contributed by atoms with Crippen molar-refractivity contribution in [3.8, 4) is 22.8 Å². The lowest BCUT2D eigenvalue weighted by molar-refractivity contribution is -0.144.